The smallest absolute Gasteiger partial charge is 0.101 e. The highest BCUT2D eigenvalue weighted by Gasteiger charge is 2.18. The molecule has 0 bridgehead atoms. The predicted octanol–water partition coefficient (Wildman–Crippen LogP) is 11.8. The molecule has 0 saturated heterocycles. The van der Waals surface area contributed by atoms with Crippen molar-refractivity contribution in [1.29, 1.82) is 10.5 Å². The van der Waals surface area contributed by atoms with Gasteiger partial charge in [0, 0.05) is 10.8 Å². The summed E-state index contributed by atoms with van der Waals surface area (Å²) in [5.74, 6) is 0. The van der Waals surface area contributed by atoms with Crippen molar-refractivity contribution in [1.82, 2.24) is 4.57 Å². The van der Waals surface area contributed by atoms with Gasteiger partial charge in [-0.15, -0.1) is 0 Å². The van der Waals surface area contributed by atoms with E-state index in [1.165, 1.54) is 38.2 Å². The van der Waals surface area contributed by atoms with Gasteiger partial charge in [-0.2, -0.15) is 10.5 Å². The van der Waals surface area contributed by atoms with E-state index in [-0.39, 0.29) is 0 Å². The fourth-order valence-corrected chi connectivity index (χ4v) is 7.48. The molecular weight excluding hydrogens is 595 g/mol. The summed E-state index contributed by atoms with van der Waals surface area (Å²) in [6.45, 7) is 0. The van der Waals surface area contributed by atoms with Crippen LogP contribution in [0.5, 0.6) is 0 Å². The van der Waals surface area contributed by atoms with E-state index in [0.29, 0.717) is 11.1 Å². The molecule has 226 valence electrons. The first-order valence-corrected chi connectivity index (χ1v) is 16.3. The van der Waals surface area contributed by atoms with Gasteiger partial charge >= 0.3 is 0 Å². The summed E-state index contributed by atoms with van der Waals surface area (Å²) in [4.78, 5) is 0. The van der Waals surface area contributed by atoms with Crippen LogP contribution in [0, 0.1) is 22.7 Å². The lowest BCUT2D eigenvalue weighted by molar-refractivity contribution is 1.17. The maximum Gasteiger partial charge on any atom is 0.101 e. The Labute approximate surface area is 283 Å². The fraction of sp³-hybridized carbons (Fsp3) is 0. The minimum absolute atomic E-state index is 0.587. The molecule has 8 aromatic carbocycles. The van der Waals surface area contributed by atoms with Crippen molar-refractivity contribution in [3.05, 3.63) is 175 Å². The Morgan fingerprint density at radius 2 is 0.878 bits per heavy atom. The molecule has 0 radical (unpaired) electrons. The average molecular weight is 622 g/mol. The molecule has 0 N–H and O–H groups in total. The lowest BCUT2D eigenvalue weighted by atomic mass is 9.86. The molecule has 9 aromatic rings. The minimum Gasteiger partial charge on any atom is -0.308 e. The Morgan fingerprint density at radius 1 is 0.367 bits per heavy atom. The zero-order valence-corrected chi connectivity index (χ0v) is 26.4. The molecule has 0 amide bonds. The van der Waals surface area contributed by atoms with Crippen LogP contribution in [-0.2, 0) is 0 Å². The number of rotatable bonds is 4. The van der Waals surface area contributed by atoms with Crippen molar-refractivity contribution in [3.8, 4) is 51.2 Å². The molecule has 1 heterocycles. The first-order valence-electron chi connectivity index (χ1n) is 16.3. The van der Waals surface area contributed by atoms with Crippen LogP contribution in [0.1, 0.15) is 11.1 Å². The number of hydrogen-bond acceptors (Lipinski definition) is 2. The first kappa shape index (κ1) is 28.3. The number of fused-ring (bicyclic) bond motifs is 5. The molecule has 0 saturated carbocycles. The van der Waals surface area contributed by atoms with Gasteiger partial charge in [0.05, 0.1) is 33.9 Å². The SMILES string of the molecule is N#Cc1ccc2c(c1)c1ccccc1n2-c1cc(-c2ccc(-c3c4ccccc4c(-c4ccccc4)c4ccccc34)cc2)ccc1C#N. The molecule has 0 atom stereocenters. The molecule has 0 aliphatic heterocycles. The van der Waals surface area contributed by atoms with Crippen LogP contribution in [0.2, 0.25) is 0 Å². The Balaban J connectivity index is 1.21. The van der Waals surface area contributed by atoms with E-state index in [4.69, 9.17) is 0 Å². The van der Waals surface area contributed by atoms with Gasteiger partial charge in [0.25, 0.3) is 0 Å². The molecule has 49 heavy (non-hydrogen) atoms. The molecule has 1 aromatic heterocycles. The molecule has 0 aliphatic rings. The van der Waals surface area contributed by atoms with Gasteiger partial charge in [0.15, 0.2) is 0 Å². The molecule has 0 unspecified atom stereocenters. The standard InChI is InChI=1S/C46H27N3/c47-28-30-18-25-43-41(26-30)36-12-8-9-17-42(36)49(43)44-27-34(23-24-35(44)29-48)31-19-21-33(22-20-31)46-39-15-6-4-13-37(39)45(32-10-2-1-3-11-32)38-14-5-7-16-40(38)46/h1-27H. The van der Waals surface area contributed by atoms with E-state index in [0.717, 1.165) is 44.2 Å². The summed E-state index contributed by atoms with van der Waals surface area (Å²) >= 11 is 0. The molecule has 0 fully saturated rings. The first-order chi connectivity index (χ1) is 24.2. The highest BCUT2D eigenvalue weighted by molar-refractivity contribution is 6.21. The van der Waals surface area contributed by atoms with Crippen LogP contribution in [0.25, 0.3) is 82.4 Å². The molecule has 9 rings (SSSR count). The van der Waals surface area contributed by atoms with E-state index in [1.54, 1.807) is 0 Å². The van der Waals surface area contributed by atoms with Crippen LogP contribution >= 0.6 is 0 Å². The van der Waals surface area contributed by atoms with E-state index in [9.17, 15) is 10.5 Å². The third kappa shape index (κ3) is 4.49. The molecule has 3 heteroatoms. The van der Waals surface area contributed by atoms with Gasteiger partial charge in [0.1, 0.15) is 6.07 Å². The van der Waals surface area contributed by atoms with Crippen molar-refractivity contribution in [2.45, 2.75) is 0 Å². The largest absolute Gasteiger partial charge is 0.308 e. The Hall–Kier alpha value is -6.94. The number of para-hydroxylation sites is 1. The third-order valence-corrected chi connectivity index (χ3v) is 9.66. The number of nitriles is 2. The van der Waals surface area contributed by atoms with Crippen molar-refractivity contribution < 1.29 is 0 Å². The zero-order chi connectivity index (χ0) is 32.9. The lowest BCUT2D eigenvalue weighted by Crippen LogP contribution is -1.98. The van der Waals surface area contributed by atoms with Gasteiger partial charge in [-0.1, -0.05) is 127 Å². The van der Waals surface area contributed by atoms with Crippen molar-refractivity contribution in [2.75, 3.05) is 0 Å². The summed E-state index contributed by atoms with van der Waals surface area (Å²) < 4.78 is 2.15. The summed E-state index contributed by atoms with van der Waals surface area (Å²) in [5.41, 5.74) is 10.9. The Bertz CT molecular complexity index is 2770. The zero-order valence-electron chi connectivity index (χ0n) is 26.4. The summed E-state index contributed by atoms with van der Waals surface area (Å²) in [6, 6.07) is 61.5. The molecule has 0 aliphatic carbocycles. The fourth-order valence-electron chi connectivity index (χ4n) is 7.48. The quantitative estimate of drug-likeness (QED) is 0.184. The van der Waals surface area contributed by atoms with Gasteiger partial charge in [-0.05, 0) is 91.3 Å². The maximum atomic E-state index is 10.2. The average Bonchev–Trinajstić information content (AvgIpc) is 3.50. The summed E-state index contributed by atoms with van der Waals surface area (Å²) in [7, 11) is 0. The molecule has 0 spiro atoms. The second kappa shape index (κ2) is 11.4. The van der Waals surface area contributed by atoms with Crippen LogP contribution < -0.4 is 0 Å². The van der Waals surface area contributed by atoms with Crippen LogP contribution in [0.3, 0.4) is 0 Å². The number of benzene rings is 8. The predicted molar refractivity (Wildman–Crippen MR) is 202 cm³/mol. The monoisotopic (exact) mass is 621 g/mol. The highest BCUT2D eigenvalue weighted by atomic mass is 15.0. The third-order valence-electron chi connectivity index (χ3n) is 9.66. The van der Waals surface area contributed by atoms with Crippen molar-refractivity contribution in [3.63, 3.8) is 0 Å². The van der Waals surface area contributed by atoms with E-state index >= 15 is 0 Å². The van der Waals surface area contributed by atoms with Crippen molar-refractivity contribution >= 4 is 43.4 Å². The second-order valence-electron chi connectivity index (χ2n) is 12.3. The normalized spacial score (nSPS) is 11.2. The van der Waals surface area contributed by atoms with Gasteiger partial charge in [-0.25, -0.2) is 0 Å². The molecular formula is C46H27N3. The second-order valence-corrected chi connectivity index (χ2v) is 12.3. The van der Waals surface area contributed by atoms with Crippen LogP contribution in [0.4, 0.5) is 0 Å². The topological polar surface area (TPSA) is 52.5 Å². The maximum absolute atomic E-state index is 10.2. The van der Waals surface area contributed by atoms with Crippen LogP contribution in [0.15, 0.2) is 164 Å². The summed E-state index contributed by atoms with van der Waals surface area (Å²) in [5, 5.41) is 26.8. The van der Waals surface area contributed by atoms with E-state index < -0.39 is 0 Å². The number of hydrogen-bond donors (Lipinski definition) is 0. The lowest BCUT2D eigenvalue weighted by Gasteiger charge is -2.18. The van der Waals surface area contributed by atoms with Gasteiger partial charge < -0.3 is 4.57 Å². The van der Waals surface area contributed by atoms with Gasteiger partial charge in [0.2, 0.25) is 0 Å². The van der Waals surface area contributed by atoms with Gasteiger partial charge in [-0.3, -0.25) is 0 Å². The molecule has 3 nitrogen and oxygen atoms in total. The Morgan fingerprint density at radius 3 is 1.49 bits per heavy atom. The van der Waals surface area contributed by atoms with Crippen LogP contribution in [-0.4, -0.2) is 4.57 Å². The Kier molecular flexibility index (Phi) is 6.58. The van der Waals surface area contributed by atoms with Crippen molar-refractivity contribution in [2.24, 2.45) is 0 Å². The number of nitrogens with zero attached hydrogens (tertiary/aromatic N) is 3. The minimum atomic E-state index is 0.587. The number of aromatic nitrogens is 1. The highest BCUT2D eigenvalue weighted by Crippen LogP contribution is 2.44. The van der Waals surface area contributed by atoms with E-state index in [1.807, 2.05) is 42.5 Å². The van der Waals surface area contributed by atoms with E-state index in [2.05, 4.69) is 138 Å². The summed E-state index contributed by atoms with van der Waals surface area (Å²) in [6.07, 6.45) is 0.